The highest BCUT2D eigenvalue weighted by Crippen LogP contribution is 2.15. The summed E-state index contributed by atoms with van der Waals surface area (Å²) in [5, 5.41) is 27.5. The molecular weight excluding hydrogens is 164 g/mol. The van der Waals surface area contributed by atoms with Crippen LogP contribution in [0.15, 0.2) is 0 Å². The Kier molecular flexibility index (Phi) is 3.42. The van der Waals surface area contributed by atoms with Crippen LogP contribution in [-0.4, -0.2) is 53.1 Å². The Labute approximate surface area is 70.5 Å². The van der Waals surface area contributed by atoms with Gasteiger partial charge < -0.3 is 24.8 Å². The summed E-state index contributed by atoms with van der Waals surface area (Å²) in [4.78, 5) is 0. The van der Waals surface area contributed by atoms with Gasteiger partial charge in [0.05, 0.1) is 6.61 Å². The molecule has 1 saturated heterocycles. The van der Waals surface area contributed by atoms with Crippen molar-refractivity contribution < 1.29 is 24.8 Å². The van der Waals surface area contributed by atoms with Crippen LogP contribution in [0.5, 0.6) is 0 Å². The fourth-order valence-electron chi connectivity index (χ4n) is 1.09. The van der Waals surface area contributed by atoms with E-state index in [2.05, 4.69) is 0 Å². The Morgan fingerprint density at radius 1 is 1.33 bits per heavy atom. The summed E-state index contributed by atoms with van der Waals surface area (Å²) in [7, 11) is 0. The van der Waals surface area contributed by atoms with Gasteiger partial charge in [-0.15, -0.1) is 0 Å². The number of aliphatic hydroxyl groups is 3. The lowest BCUT2D eigenvalue weighted by Gasteiger charge is -2.34. The van der Waals surface area contributed by atoms with Crippen molar-refractivity contribution in [3.8, 4) is 0 Å². The number of rotatable bonds is 2. The van der Waals surface area contributed by atoms with Crippen molar-refractivity contribution in [2.45, 2.75) is 31.5 Å². The SMILES string of the molecule is CCO[C@@H]1OC[C@@H](O)[C@H](O)C1O. The van der Waals surface area contributed by atoms with Gasteiger partial charge in [0.15, 0.2) is 6.29 Å². The first-order valence-corrected chi connectivity index (χ1v) is 3.94. The molecule has 0 amide bonds. The molecule has 0 aliphatic carbocycles. The predicted octanol–water partition coefficient (Wildman–Crippen LogP) is -1.54. The summed E-state index contributed by atoms with van der Waals surface area (Å²) in [5.74, 6) is 0. The average molecular weight is 178 g/mol. The molecule has 5 heteroatoms. The van der Waals surface area contributed by atoms with Gasteiger partial charge in [0.2, 0.25) is 0 Å². The van der Waals surface area contributed by atoms with E-state index in [1.165, 1.54) is 0 Å². The molecule has 1 aliphatic rings. The average Bonchev–Trinajstić information content (AvgIpc) is 2.07. The molecule has 1 rings (SSSR count). The van der Waals surface area contributed by atoms with Crippen molar-refractivity contribution in [2.75, 3.05) is 13.2 Å². The molecule has 72 valence electrons. The quantitative estimate of drug-likeness (QED) is 0.477. The zero-order valence-corrected chi connectivity index (χ0v) is 6.88. The van der Waals surface area contributed by atoms with Crippen LogP contribution in [0, 0.1) is 0 Å². The molecule has 0 aromatic rings. The minimum atomic E-state index is -1.18. The number of ether oxygens (including phenoxy) is 2. The largest absolute Gasteiger partial charge is 0.388 e. The zero-order valence-electron chi connectivity index (χ0n) is 6.88. The number of hydrogen-bond acceptors (Lipinski definition) is 5. The van der Waals surface area contributed by atoms with Crippen LogP contribution in [0.2, 0.25) is 0 Å². The van der Waals surface area contributed by atoms with E-state index in [0.717, 1.165) is 0 Å². The van der Waals surface area contributed by atoms with Crippen LogP contribution >= 0.6 is 0 Å². The molecular formula is C7H14O5. The van der Waals surface area contributed by atoms with Crippen LogP contribution in [0.3, 0.4) is 0 Å². The van der Waals surface area contributed by atoms with Crippen molar-refractivity contribution in [2.24, 2.45) is 0 Å². The molecule has 1 heterocycles. The third-order valence-corrected chi connectivity index (χ3v) is 1.79. The minimum absolute atomic E-state index is 0.0110. The van der Waals surface area contributed by atoms with E-state index in [4.69, 9.17) is 14.6 Å². The molecule has 5 nitrogen and oxygen atoms in total. The predicted molar refractivity (Wildman–Crippen MR) is 39.4 cm³/mol. The fraction of sp³-hybridized carbons (Fsp3) is 1.00. The van der Waals surface area contributed by atoms with Crippen LogP contribution in [0.25, 0.3) is 0 Å². The third-order valence-electron chi connectivity index (χ3n) is 1.79. The van der Waals surface area contributed by atoms with E-state index >= 15 is 0 Å². The van der Waals surface area contributed by atoms with Gasteiger partial charge in [-0.25, -0.2) is 0 Å². The molecule has 0 bridgehead atoms. The molecule has 1 aliphatic heterocycles. The second-order valence-corrected chi connectivity index (χ2v) is 2.71. The summed E-state index contributed by atoms with van der Waals surface area (Å²) in [6, 6.07) is 0. The third kappa shape index (κ3) is 1.94. The van der Waals surface area contributed by atoms with Gasteiger partial charge in [0.1, 0.15) is 18.3 Å². The van der Waals surface area contributed by atoms with Crippen molar-refractivity contribution in [3.63, 3.8) is 0 Å². The number of hydrogen-bond donors (Lipinski definition) is 3. The molecule has 4 atom stereocenters. The number of aliphatic hydroxyl groups excluding tert-OH is 3. The van der Waals surface area contributed by atoms with Gasteiger partial charge in [-0.05, 0) is 6.92 Å². The minimum Gasteiger partial charge on any atom is -0.388 e. The van der Waals surface area contributed by atoms with E-state index < -0.39 is 24.6 Å². The second-order valence-electron chi connectivity index (χ2n) is 2.71. The maximum Gasteiger partial charge on any atom is 0.186 e. The van der Waals surface area contributed by atoms with Gasteiger partial charge in [0, 0.05) is 6.61 Å². The van der Waals surface area contributed by atoms with E-state index in [9.17, 15) is 10.2 Å². The van der Waals surface area contributed by atoms with Crippen molar-refractivity contribution in [1.29, 1.82) is 0 Å². The van der Waals surface area contributed by atoms with Crippen LogP contribution in [-0.2, 0) is 9.47 Å². The summed E-state index contributed by atoms with van der Waals surface area (Å²) >= 11 is 0. The molecule has 0 aromatic heterocycles. The summed E-state index contributed by atoms with van der Waals surface area (Å²) in [6.07, 6.45) is -4.21. The first-order valence-electron chi connectivity index (χ1n) is 3.94. The maximum absolute atomic E-state index is 9.28. The lowest BCUT2D eigenvalue weighted by molar-refractivity contribution is -0.268. The van der Waals surface area contributed by atoms with Gasteiger partial charge in [0.25, 0.3) is 0 Å². The smallest absolute Gasteiger partial charge is 0.186 e. The van der Waals surface area contributed by atoms with Gasteiger partial charge >= 0.3 is 0 Å². The summed E-state index contributed by atoms with van der Waals surface area (Å²) < 4.78 is 9.90. The first kappa shape index (κ1) is 9.88. The summed E-state index contributed by atoms with van der Waals surface area (Å²) in [6.45, 7) is 2.14. The highest BCUT2D eigenvalue weighted by atomic mass is 16.7. The maximum atomic E-state index is 9.28. The van der Waals surface area contributed by atoms with Crippen LogP contribution < -0.4 is 0 Å². The monoisotopic (exact) mass is 178 g/mol. The normalized spacial score (nSPS) is 43.0. The topological polar surface area (TPSA) is 79.2 Å². The molecule has 0 aromatic carbocycles. The molecule has 12 heavy (non-hydrogen) atoms. The van der Waals surface area contributed by atoms with E-state index in [-0.39, 0.29) is 6.61 Å². The molecule has 3 N–H and O–H groups in total. The van der Waals surface area contributed by atoms with Gasteiger partial charge in [-0.2, -0.15) is 0 Å². The summed E-state index contributed by atoms with van der Waals surface area (Å²) in [5.41, 5.74) is 0. The lowest BCUT2D eigenvalue weighted by Crippen LogP contribution is -2.53. The Hall–Kier alpha value is -0.200. The fourth-order valence-corrected chi connectivity index (χ4v) is 1.09. The molecule has 0 saturated carbocycles. The first-order chi connectivity index (χ1) is 5.66. The molecule has 0 radical (unpaired) electrons. The molecule has 1 fully saturated rings. The Morgan fingerprint density at radius 2 is 2.00 bits per heavy atom. The molecule has 0 spiro atoms. The Balaban J connectivity index is 2.46. The van der Waals surface area contributed by atoms with E-state index in [1.54, 1.807) is 6.92 Å². The second kappa shape index (κ2) is 4.15. The van der Waals surface area contributed by atoms with Crippen LogP contribution in [0.4, 0.5) is 0 Å². The highest BCUT2D eigenvalue weighted by Gasteiger charge is 2.37. The zero-order chi connectivity index (χ0) is 9.14. The highest BCUT2D eigenvalue weighted by molar-refractivity contribution is 4.82. The van der Waals surface area contributed by atoms with Crippen molar-refractivity contribution >= 4 is 0 Å². The van der Waals surface area contributed by atoms with E-state index in [0.29, 0.717) is 6.61 Å². The van der Waals surface area contributed by atoms with E-state index in [1.807, 2.05) is 0 Å². The van der Waals surface area contributed by atoms with Crippen molar-refractivity contribution in [3.05, 3.63) is 0 Å². The Bertz CT molecular complexity index is 140. The molecule has 1 unspecified atom stereocenters. The van der Waals surface area contributed by atoms with Gasteiger partial charge in [-0.3, -0.25) is 0 Å². The van der Waals surface area contributed by atoms with Gasteiger partial charge in [-0.1, -0.05) is 0 Å². The Morgan fingerprint density at radius 3 is 2.58 bits per heavy atom. The van der Waals surface area contributed by atoms with Crippen LogP contribution in [0.1, 0.15) is 6.92 Å². The van der Waals surface area contributed by atoms with Crippen molar-refractivity contribution in [1.82, 2.24) is 0 Å². The lowest BCUT2D eigenvalue weighted by atomic mass is 10.1. The standard InChI is InChI=1S/C7H14O5/c1-2-11-7-6(10)5(9)4(8)3-12-7/h4-10H,2-3H2,1H3/t4-,5+,6?,7-/m1/s1.